The minimum absolute atomic E-state index is 0.0785. The van der Waals surface area contributed by atoms with Crippen LogP contribution in [0.5, 0.6) is 0 Å². The number of fused-ring (bicyclic) bond motifs is 1. The van der Waals surface area contributed by atoms with Crippen molar-refractivity contribution in [2.45, 2.75) is 102 Å². The summed E-state index contributed by atoms with van der Waals surface area (Å²) in [5.41, 5.74) is 0. The fraction of sp³-hybridized carbons (Fsp3) is 0.957. The van der Waals surface area contributed by atoms with Crippen LogP contribution in [0.25, 0.3) is 0 Å². The molecule has 2 saturated heterocycles. The highest BCUT2D eigenvalue weighted by Crippen LogP contribution is 2.40. The van der Waals surface area contributed by atoms with Gasteiger partial charge >= 0.3 is 5.97 Å². The summed E-state index contributed by atoms with van der Waals surface area (Å²) in [6, 6.07) is 0.462. The van der Waals surface area contributed by atoms with Crippen molar-refractivity contribution in [1.82, 2.24) is 15.5 Å². The highest BCUT2D eigenvalue weighted by atomic mass is 16.5. The molecule has 2 heterocycles. The van der Waals surface area contributed by atoms with E-state index in [1.54, 1.807) is 0 Å². The van der Waals surface area contributed by atoms with Crippen molar-refractivity contribution in [2.75, 3.05) is 26.7 Å². The van der Waals surface area contributed by atoms with E-state index in [-0.39, 0.29) is 18.8 Å². The van der Waals surface area contributed by atoms with Gasteiger partial charge in [0.1, 0.15) is 0 Å². The Balaban J connectivity index is 1.61. The van der Waals surface area contributed by atoms with Crippen LogP contribution in [0.4, 0.5) is 0 Å². The molecule has 6 heteroatoms. The van der Waals surface area contributed by atoms with Crippen molar-refractivity contribution in [3.8, 4) is 0 Å². The molecule has 0 radical (unpaired) electrons. The molecule has 168 valence electrons. The van der Waals surface area contributed by atoms with Crippen LogP contribution in [0.15, 0.2) is 0 Å². The maximum absolute atomic E-state index is 11.2. The highest BCUT2D eigenvalue weighted by Gasteiger charge is 2.43. The standard InChI is InChI=1S/C23H43N3O3/c1-3-4-5-6-7-17-8-9-20-19(14-17)21(29-18-10-12-24-13-11-18)15-22(25-20)26(2)16-23(27)28/h17-22,24-25H,3-16H2,1-2H3,(H,27,28). The smallest absolute Gasteiger partial charge is 0.317 e. The molecule has 3 aliphatic rings. The molecule has 3 rings (SSSR count). The van der Waals surface area contributed by atoms with Crippen molar-refractivity contribution in [1.29, 1.82) is 0 Å². The Morgan fingerprint density at radius 2 is 1.90 bits per heavy atom. The third-order valence-electron chi connectivity index (χ3n) is 7.38. The van der Waals surface area contributed by atoms with Crippen molar-refractivity contribution >= 4 is 5.97 Å². The summed E-state index contributed by atoms with van der Waals surface area (Å²) < 4.78 is 6.72. The Hall–Kier alpha value is -0.690. The maximum atomic E-state index is 11.2. The molecule has 6 nitrogen and oxygen atoms in total. The summed E-state index contributed by atoms with van der Waals surface area (Å²) >= 11 is 0. The Morgan fingerprint density at radius 1 is 1.10 bits per heavy atom. The lowest BCUT2D eigenvalue weighted by atomic mass is 9.71. The Morgan fingerprint density at radius 3 is 2.62 bits per heavy atom. The van der Waals surface area contributed by atoms with E-state index in [1.165, 1.54) is 51.4 Å². The van der Waals surface area contributed by atoms with Crippen LogP contribution in [-0.4, -0.2) is 67.1 Å². The Bertz CT molecular complexity index is 498. The third-order valence-corrected chi connectivity index (χ3v) is 7.38. The fourth-order valence-electron chi connectivity index (χ4n) is 5.71. The van der Waals surface area contributed by atoms with Crippen molar-refractivity contribution < 1.29 is 14.6 Å². The molecular formula is C23H43N3O3. The van der Waals surface area contributed by atoms with E-state index >= 15 is 0 Å². The number of aliphatic carboxylic acids is 1. The average molecular weight is 410 g/mol. The predicted molar refractivity (Wildman–Crippen MR) is 116 cm³/mol. The number of likely N-dealkylation sites (N-methyl/N-ethyl adjacent to an activating group) is 1. The molecule has 0 amide bonds. The van der Waals surface area contributed by atoms with Crippen LogP contribution < -0.4 is 10.6 Å². The average Bonchev–Trinajstić information content (AvgIpc) is 2.71. The van der Waals surface area contributed by atoms with Gasteiger partial charge in [0.15, 0.2) is 0 Å². The van der Waals surface area contributed by atoms with E-state index in [4.69, 9.17) is 4.74 Å². The van der Waals surface area contributed by atoms with E-state index in [0.717, 1.165) is 38.3 Å². The molecule has 5 atom stereocenters. The number of carboxylic acid groups (broad SMARTS) is 1. The lowest BCUT2D eigenvalue weighted by Crippen LogP contribution is -2.62. The number of hydrogen-bond donors (Lipinski definition) is 3. The maximum Gasteiger partial charge on any atom is 0.317 e. The Labute approximate surface area is 177 Å². The van der Waals surface area contributed by atoms with E-state index in [0.29, 0.717) is 18.1 Å². The SMILES string of the molecule is CCCCCCC1CCC2NC(N(C)CC(=O)O)CC(OC3CCNCC3)C2C1. The zero-order valence-corrected chi connectivity index (χ0v) is 18.6. The third kappa shape index (κ3) is 6.91. The van der Waals surface area contributed by atoms with Gasteiger partial charge in [-0.15, -0.1) is 0 Å². The minimum Gasteiger partial charge on any atom is -0.480 e. The minimum atomic E-state index is -0.761. The predicted octanol–water partition coefficient (Wildman–Crippen LogP) is 3.21. The summed E-state index contributed by atoms with van der Waals surface area (Å²) in [5, 5.41) is 16.4. The summed E-state index contributed by atoms with van der Waals surface area (Å²) in [4.78, 5) is 13.2. The van der Waals surface area contributed by atoms with Crippen LogP contribution in [0, 0.1) is 11.8 Å². The van der Waals surface area contributed by atoms with Gasteiger partial charge in [-0.3, -0.25) is 15.0 Å². The first-order chi connectivity index (χ1) is 14.1. The molecule has 0 aromatic heterocycles. The molecule has 5 unspecified atom stereocenters. The molecule has 0 aromatic rings. The molecular weight excluding hydrogens is 366 g/mol. The van der Waals surface area contributed by atoms with Crippen LogP contribution in [0.3, 0.4) is 0 Å². The number of carboxylic acids is 1. The van der Waals surface area contributed by atoms with E-state index in [2.05, 4.69) is 17.6 Å². The quantitative estimate of drug-likeness (QED) is 0.481. The number of piperidine rings is 2. The van der Waals surface area contributed by atoms with Crippen molar-refractivity contribution in [3.05, 3.63) is 0 Å². The van der Waals surface area contributed by atoms with Gasteiger partial charge in [-0.05, 0) is 58.2 Å². The van der Waals surface area contributed by atoms with Crippen LogP contribution in [0.2, 0.25) is 0 Å². The van der Waals surface area contributed by atoms with Gasteiger partial charge in [0.25, 0.3) is 0 Å². The van der Waals surface area contributed by atoms with Gasteiger partial charge in [-0.25, -0.2) is 0 Å². The van der Waals surface area contributed by atoms with Crippen molar-refractivity contribution in [3.63, 3.8) is 0 Å². The van der Waals surface area contributed by atoms with Crippen LogP contribution in [-0.2, 0) is 9.53 Å². The molecule has 3 N–H and O–H groups in total. The normalized spacial score (nSPS) is 33.6. The molecule has 29 heavy (non-hydrogen) atoms. The van der Waals surface area contributed by atoms with E-state index in [9.17, 15) is 9.90 Å². The number of rotatable bonds is 10. The van der Waals surface area contributed by atoms with Crippen molar-refractivity contribution in [2.24, 2.45) is 11.8 Å². The van der Waals surface area contributed by atoms with Gasteiger partial charge in [-0.2, -0.15) is 0 Å². The lowest BCUT2D eigenvalue weighted by Gasteiger charge is -2.50. The molecule has 2 aliphatic heterocycles. The topological polar surface area (TPSA) is 73.8 Å². The molecule has 0 spiro atoms. The van der Waals surface area contributed by atoms with E-state index < -0.39 is 5.97 Å². The second kappa shape index (κ2) is 11.6. The number of nitrogens with one attached hydrogen (secondary N) is 2. The number of nitrogens with zero attached hydrogens (tertiary/aromatic N) is 1. The number of hydrogen-bond acceptors (Lipinski definition) is 5. The van der Waals surface area contributed by atoms with Gasteiger partial charge in [0.2, 0.25) is 0 Å². The second-order valence-corrected chi connectivity index (χ2v) is 9.65. The second-order valence-electron chi connectivity index (χ2n) is 9.65. The summed E-state index contributed by atoms with van der Waals surface area (Å²) in [5.74, 6) is 0.648. The molecule has 0 bridgehead atoms. The van der Waals surface area contributed by atoms with Crippen LogP contribution in [0.1, 0.15) is 77.6 Å². The summed E-state index contributed by atoms with van der Waals surface area (Å²) in [6.45, 7) is 4.45. The van der Waals surface area contributed by atoms with Gasteiger partial charge in [0, 0.05) is 18.4 Å². The fourth-order valence-corrected chi connectivity index (χ4v) is 5.71. The molecule has 1 saturated carbocycles. The number of unbranched alkanes of at least 4 members (excludes halogenated alkanes) is 3. The zero-order chi connectivity index (χ0) is 20.6. The summed E-state index contributed by atoms with van der Waals surface area (Å²) in [7, 11) is 1.92. The first kappa shape index (κ1) is 23.0. The number of carbonyl (C=O) groups is 1. The van der Waals surface area contributed by atoms with E-state index in [1.807, 2.05) is 11.9 Å². The van der Waals surface area contributed by atoms with Crippen LogP contribution >= 0.6 is 0 Å². The zero-order valence-electron chi connectivity index (χ0n) is 18.6. The number of ether oxygens (including phenoxy) is 1. The first-order valence-corrected chi connectivity index (χ1v) is 12.1. The first-order valence-electron chi connectivity index (χ1n) is 12.1. The molecule has 3 fully saturated rings. The highest BCUT2D eigenvalue weighted by molar-refractivity contribution is 5.69. The molecule has 0 aromatic carbocycles. The Kier molecular flexibility index (Phi) is 9.22. The largest absolute Gasteiger partial charge is 0.480 e. The molecule has 1 aliphatic carbocycles. The van der Waals surface area contributed by atoms with Gasteiger partial charge in [0.05, 0.1) is 24.9 Å². The van der Waals surface area contributed by atoms with Gasteiger partial charge in [-0.1, -0.05) is 39.0 Å². The lowest BCUT2D eigenvalue weighted by molar-refractivity contribution is -0.141. The monoisotopic (exact) mass is 409 g/mol. The van der Waals surface area contributed by atoms with Gasteiger partial charge < -0.3 is 15.2 Å². The summed E-state index contributed by atoms with van der Waals surface area (Å²) in [6.07, 6.45) is 14.3.